The SMILES string of the molecule is C=C(/C=C(\C=NC)OCCF)[C@H](CC(=O)O)NC(=O)[C@@H]1CCCN(C(=O)CCC2CCNCC2)C1. The van der Waals surface area contributed by atoms with Crippen LogP contribution in [0.2, 0.25) is 0 Å². The number of nitrogens with zero attached hydrogens (tertiary/aromatic N) is 2. The fourth-order valence-corrected chi connectivity index (χ4v) is 4.50. The number of carbonyl (C=O) groups is 3. The van der Waals surface area contributed by atoms with Crippen molar-refractivity contribution in [2.75, 3.05) is 46.5 Å². The third-order valence-electron chi connectivity index (χ3n) is 6.44. The predicted molar refractivity (Wildman–Crippen MR) is 132 cm³/mol. The first-order valence-corrected chi connectivity index (χ1v) is 12.4. The van der Waals surface area contributed by atoms with Crippen LogP contribution in [0.4, 0.5) is 4.39 Å². The summed E-state index contributed by atoms with van der Waals surface area (Å²) in [4.78, 5) is 42.8. The number of carboxylic acid groups (broad SMARTS) is 1. The molecule has 2 aliphatic heterocycles. The summed E-state index contributed by atoms with van der Waals surface area (Å²) in [5.41, 5.74) is 0.306. The summed E-state index contributed by atoms with van der Waals surface area (Å²) in [5, 5.41) is 15.5. The van der Waals surface area contributed by atoms with Crippen molar-refractivity contribution in [3.8, 4) is 0 Å². The first-order valence-electron chi connectivity index (χ1n) is 12.4. The Labute approximate surface area is 206 Å². The van der Waals surface area contributed by atoms with Crippen molar-refractivity contribution >= 4 is 24.0 Å². The summed E-state index contributed by atoms with van der Waals surface area (Å²) >= 11 is 0. The average molecular weight is 495 g/mol. The second-order valence-electron chi connectivity index (χ2n) is 9.12. The fourth-order valence-electron chi connectivity index (χ4n) is 4.50. The molecular formula is C25H39FN4O5. The molecule has 35 heavy (non-hydrogen) atoms. The number of amides is 2. The Balaban J connectivity index is 1.97. The quantitative estimate of drug-likeness (QED) is 0.205. The number of piperidine rings is 2. The number of alkyl halides is 1. The minimum Gasteiger partial charge on any atom is -0.489 e. The monoisotopic (exact) mass is 494 g/mol. The smallest absolute Gasteiger partial charge is 0.305 e. The number of halogens is 1. The van der Waals surface area contributed by atoms with E-state index in [-0.39, 0.29) is 30.6 Å². The van der Waals surface area contributed by atoms with Crippen LogP contribution in [0.25, 0.3) is 0 Å². The molecule has 2 amide bonds. The van der Waals surface area contributed by atoms with Gasteiger partial charge in [0.05, 0.1) is 24.6 Å². The van der Waals surface area contributed by atoms with Gasteiger partial charge >= 0.3 is 5.97 Å². The van der Waals surface area contributed by atoms with Crippen molar-refractivity contribution in [3.05, 3.63) is 24.0 Å². The maximum atomic E-state index is 13.0. The lowest BCUT2D eigenvalue weighted by Gasteiger charge is -2.33. The second kappa shape index (κ2) is 15.3. The van der Waals surface area contributed by atoms with Crippen molar-refractivity contribution in [1.82, 2.24) is 15.5 Å². The van der Waals surface area contributed by atoms with E-state index in [1.54, 1.807) is 4.90 Å². The zero-order chi connectivity index (χ0) is 25.6. The second-order valence-corrected chi connectivity index (χ2v) is 9.12. The largest absolute Gasteiger partial charge is 0.489 e. The van der Waals surface area contributed by atoms with E-state index >= 15 is 0 Å². The van der Waals surface area contributed by atoms with Crippen molar-refractivity contribution < 1.29 is 28.6 Å². The van der Waals surface area contributed by atoms with E-state index in [0.717, 1.165) is 38.8 Å². The van der Waals surface area contributed by atoms with Gasteiger partial charge in [-0.2, -0.15) is 0 Å². The molecule has 2 fully saturated rings. The van der Waals surface area contributed by atoms with Crippen LogP contribution in [-0.4, -0.2) is 86.6 Å². The third-order valence-corrected chi connectivity index (χ3v) is 6.44. The topological polar surface area (TPSA) is 120 Å². The maximum absolute atomic E-state index is 13.0. The Morgan fingerprint density at radius 3 is 2.71 bits per heavy atom. The molecule has 196 valence electrons. The minimum atomic E-state index is -1.10. The molecule has 0 unspecified atom stereocenters. The molecule has 0 radical (unpaired) electrons. The van der Waals surface area contributed by atoms with Crippen molar-refractivity contribution in [1.29, 1.82) is 0 Å². The summed E-state index contributed by atoms with van der Waals surface area (Å²) in [6.45, 7) is 5.98. The van der Waals surface area contributed by atoms with Crippen LogP contribution in [-0.2, 0) is 19.1 Å². The van der Waals surface area contributed by atoms with Crippen molar-refractivity contribution in [2.45, 2.75) is 51.0 Å². The Morgan fingerprint density at radius 2 is 2.06 bits per heavy atom. The number of likely N-dealkylation sites (tertiary alicyclic amines) is 1. The van der Waals surface area contributed by atoms with Gasteiger partial charge in [-0.15, -0.1) is 0 Å². The van der Waals surface area contributed by atoms with Crippen LogP contribution in [0.5, 0.6) is 0 Å². The highest BCUT2D eigenvalue weighted by Gasteiger charge is 2.30. The molecule has 0 saturated carbocycles. The molecule has 2 saturated heterocycles. The molecule has 10 heteroatoms. The van der Waals surface area contributed by atoms with Crippen LogP contribution in [0, 0.1) is 11.8 Å². The molecule has 2 aliphatic rings. The number of aliphatic imine (C=N–C) groups is 1. The molecule has 0 aliphatic carbocycles. The van der Waals surface area contributed by atoms with Gasteiger partial charge < -0.3 is 25.4 Å². The molecule has 0 aromatic heterocycles. The van der Waals surface area contributed by atoms with Crippen molar-refractivity contribution in [3.63, 3.8) is 0 Å². The standard InChI is InChI=1S/C25H39FN4O5/c1-18(14-21(16-27-2)35-13-9-26)22(15-24(32)33)29-25(34)20-4-3-12-30(17-20)23(31)6-5-19-7-10-28-11-8-19/h14,16,19-20,22,28H,1,3-13,15,17H2,2H3,(H,29,34)(H,32,33)/b21-14+,27-16?/t20-,22+/m1/s1. The van der Waals surface area contributed by atoms with Gasteiger partial charge in [0, 0.05) is 26.6 Å². The summed E-state index contributed by atoms with van der Waals surface area (Å²) in [5.74, 6) is -0.960. The van der Waals surface area contributed by atoms with Crippen LogP contribution in [0.15, 0.2) is 29.0 Å². The number of allylic oxidation sites excluding steroid dienone is 1. The normalized spacial score (nSPS) is 20.5. The van der Waals surface area contributed by atoms with E-state index in [0.29, 0.717) is 37.4 Å². The summed E-state index contributed by atoms with van der Waals surface area (Å²) in [7, 11) is 1.52. The van der Waals surface area contributed by atoms with Gasteiger partial charge in [0.2, 0.25) is 11.8 Å². The summed E-state index contributed by atoms with van der Waals surface area (Å²) in [6, 6.07) is -0.875. The van der Waals surface area contributed by atoms with Gasteiger partial charge in [-0.25, -0.2) is 4.39 Å². The molecule has 2 heterocycles. The Morgan fingerprint density at radius 1 is 1.31 bits per heavy atom. The van der Waals surface area contributed by atoms with E-state index < -0.39 is 24.6 Å². The molecule has 2 rings (SSSR count). The highest BCUT2D eigenvalue weighted by atomic mass is 19.1. The fraction of sp³-hybridized carbons (Fsp3) is 0.680. The maximum Gasteiger partial charge on any atom is 0.305 e. The summed E-state index contributed by atoms with van der Waals surface area (Å²) < 4.78 is 17.7. The first-order chi connectivity index (χ1) is 16.8. The van der Waals surface area contributed by atoms with Crippen LogP contribution in [0.3, 0.4) is 0 Å². The van der Waals surface area contributed by atoms with Gasteiger partial charge in [-0.05, 0) is 62.8 Å². The number of hydrogen-bond donors (Lipinski definition) is 3. The molecule has 0 spiro atoms. The molecule has 0 aromatic rings. The average Bonchev–Trinajstić information content (AvgIpc) is 2.85. The highest BCUT2D eigenvalue weighted by molar-refractivity contribution is 5.83. The lowest BCUT2D eigenvalue weighted by Crippen LogP contribution is -2.48. The van der Waals surface area contributed by atoms with E-state index in [9.17, 15) is 23.9 Å². The number of ether oxygens (including phenoxy) is 1. The zero-order valence-electron chi connectivity index (χ0n) is 20.6. The number of hydrogen-bond acceptors (Lipinski definition) is 6. The lowest BCUT2D eigenvalue weighted by molar-refractivity contribution is -0.137. The molecule has 3 N–H and O–H groups in total. The molecule has 0 bridgehead atoms. The lowest BCUT2D eigenvalue weighted by atomic mass is 9.92. The minimum absolute atomic E-state index is 0.0731. The van der Waals surface area contributed by atoms with E-state index in [4.69, 9.17) is 4.74 Å². The van der Waals surface area contributed by atoms with Crippen LogP contribution in [0.1, 0.15) is 44.9 Å². The third kappa shape index (κ3) is 10.2. The van der Waals surface area contributed by atoms with Gasteiger partial charge in [0.1, 0.15) is 19.0 Å². The number of carbonyl (C=O) groups excluding carboxylic acids is 2. The predicted octanol–water partition coefficient (Wildman–Crippen LogP) is 2.09. The number of nitrogens with one attached hydrogen (secondary N) is 2. The van der Waals surface area contributed by atoms with Crippen LogP contribution >= 0.6 is 0 Å². The van der Waals surface area contributed by atoms with E-state index in [1.807, 2.05) is 0 Å². The molecule has 9 nitrogen and oxygen atoms in total. The Hall–Kier alpha value is -2.75. The van der Waals surface area contributed by atoms with Crippen LogP contribution < -0.4 is 10.6 Å². The highest BCUT2D eigenvalue weighted by Crippen LogP contribution is 2.22. The van der Waals surface area contributed by atoms with E-state index in [1.165, 1.54) is 19.3 Å². The van der Waals surface area contributed by atoms with Gasteiger partial charge in [0.15, 0.2) is 0 Å². The molecule has 0 aromatic carbocycles. The van der Waals surface area contributed by atoms with Gasteiger partial charge in [-0.1, -0.05) is 6.58 Å². The van der Waals surface area contributed by atoms with E-state index in [2.05, 4.69) is 22.2 Å². The summed E-state index contributed by atoms with van der Waals surface area (Å²) in [6.07, 6.45) is 7.33. The zero-order valence-corrected chi connectivity index (χ0v) is 20.6. The van der Waals surface area contributed by atoms with Gasteiger partial charge in [0.25, 0.3) is 0 Å². The number of aliphatic carboxylic acids is 1. The molecule has 2 atom stereocenters. The number of carboxylic acids is 1. The Kier molecular flexibility index (Phi) is 12.4. The van der Waals surface area contributed by atoms with Gasteiger partial charge in [-0.3, -0.25) is 19.4 Å². The van der Waals surface area contributed by atoms with Crippen molar-refractivity contribution in [2.24, 2.45) is 16.8 Å². The Bertz CT molecular complexity index is 795. The first kappa shape index (κ1) is 28.5. The molecular weight excluding hydrogens is 455 g/mol. The number of rotatable bonds is 13.